The molecular weight excluding hydrogens is 283 g/mol. The molecule has 0 aliphatic rings. The molecule has 0 spiro atoms. The Hall–Kier alpha value is -1.62. The lowest BCUT2D eigenvalue weighted by Crippen LogP contribution is -2.46. The predicted molar refractivity (Wildman–Crippen MR) is 76.3 cm³/mol. The SMILES string of the molecule is CN(CC(=O)NC(C)(C)C)C(=O)c1ccc(F)cc1Cl. The zero-order chi connectivity index (χ0) is 15.5. The number of nitrogens with zero attached hydrogens (tertiary/aromatic N) is 1. The molecular formula is C14H18ClFN2O2. The highest BCUT2D eigenvalue weighted by atomic mass is 35.5. The minimum atomic E-state index is -0.514. The number of rotatable bonds is 3. The first-order chi connectivity index (χ1) is 9.10. The summed E-state index contributed by atoms with van der Waals surface area (Å²) in [5.74, 6) is -1.22. The summed E-state index contributed by atoms with van der Waals surface area (Å²) in [5, 5.41) is 2.78. The zero-order valence-electron chi connectivity index (χ0n) is 12.0. The fourth-order valence-electron chi connectivity index (χ4n) is 1.61. The van der Waals surface area contributed by atoms with Gasteiger partial charge in [0, 0.05) is 12.6 Å². The van der Waals surface area contributed by atoms with Gasteiger partial charge in [-0.3, -0.25) is 9.59 Å². The van der Waals surface area contributed by atoms with Crippen molar-refractivity contribution in [1.29, 1.82) is 0 Å². The standard InChI is InChI=1S/C14H18ClFN2O2/c1-14(2,3)17-12(19)8-18(4)13(20)10-6-5-9(16)7-11(10)15/h5-7H,8H2,1-4H3,(H,17,19). The van der Waals surface area contributed by atoms with Crippen molar-refractivity contribution in [2.45, 2.75) is 26.3 Å². The van der Waals surface area contributed by atoms with Crippen LogP contribution in [0, 0.1) is 5.82 Å². The molecule has 0 saturated heterocycles. The molecule has 0 unspecified atom stereocenters. The number of carbonyl (C=O) groups is 2. The van der Waals surface area contributed by atoms with E-state index < -0.39 is 11.7 Å². The van der Waals surface area contributed by atoms with E-state index in [1.54, 1.807) is 0 Å². The maximum Gasteiger partial charge on any atom is 0.255 e. The molecule has 0 saturated carbocycles. The Balaban J connectivity index is 2.75. The Morgan fingerprint density at radius 3 is 2.45 bits per heavy atom. The van der Waals surface area contributed by atoms with Gasteiger partial charge in [-0.1, -0.05) is 11.6 Å². The summed E-state index contributed by atoms with van der Waals surface area (Å²) in [4.78, 5) is 25.1. The van der Waals surface area contributed by atoms with Crippen molar-refractivity contribution in [2.24, 2.45) is 0 Å². The van der Waals surface area contributed by atoms with Crippen molar-refractivity contribution >= 4 is 23.4 Å². The van der Waals surface area contributed by atoms with Gasteiger partial charge >= 0.3 is 0 Å². The molecule has 1 N–H and O–H groups in total. The summed E-state index contributed by atoms with van der Waals surface area (Å²) in [6.45, 7) is 5.46. The number of hydrogen-bond donors (Lipinski definition) is 1. The minimum Gasteiger partial charge on any atom is -0.350 e. The second-order valence-electron chi connectivity index (χ2n) is 5.58. The van der Waals surface area contributed by atoms with Gasteiger partial charge in [-0.05, 0) is 39.0 Å². The molecule has 0 aromatic heterocycles. The number of halogens is 2. The van der Waals surface area contributed by atoms with E-state index >= 15 is 0 Å². The van der Waals surface area contributed by atoms with Crippen LogP contribution >= 0.6 is 11.6 Å². The number of nitrogens with one attached hydrogen (secondary N) is 1. The minimum absolute atomic E-state index is 0.0260. The maximum atomic E-state index is 12.9. The van der Waals surface area contributed by atoms with Crippen molar-refractivity contribution in [2.75, 3.05) is 13.6 Å². The number of benzene rings is 1. The molecule has 0 fully saturated rings. The van der Waals surface area contributed by atoms with Crippen molar-refractivity contribution in [1.82, 2.24) is 10.2 Å². The fourth-order valence-corrected chi connectivity index (χ4v) is 1.86. The van der Waals surface area contributed by atoms with E-state index in [0.717, 1.165) is 12.1 Å². The first kappa shape index (κ1) is 16.4. The van der Waals surface area contributed by atoms with Crippen LogP contribution in [0.25, 0.3) is 0 Å². The highest BCUT2D eigenvalue weighted by Crippen LogP contribution is 2.18. The van der Waals surface area contributed by atoms with Gasteiger partial charge in [-0.2, -0.15) is 0 Å². The lowest BCUT2D eigenvalue weighted by Gasteiger charge is -2.23. The summed E-state index contributed by atoms with van der Waals surface area (Å²) < 4.78 is 12.9. The van der Waals surface area contributed by atoms with Crippen molar-refractivity contribution < 1.29 is 14.0 Å². The van der Waals surface area contributed by atoms with Crippen LogP contribution < -0.4 is 5.32 Å². The third kappa shape index (κ3) is 4.81. The quantitative estimate of drug-likeness (QED) is 0.932. The number of likely N-dealkylation sites (N-methyl/N-ethyl adjacent to an activating group) is 1. The van der Waals surface area contributed by atoms with Crippen LogP contribution in [0.4, 0.5) is 4.39 Å². The Kier molecular flexibility index (Phi) is 5.11. The maximum absolute atomic E-state index is 12.9. The van der Waals surface area contributed by atoms with E-state index in [2.05, 4.69) is 5.32 Å². The monoisotopic (exact) mass is 300 g/mol. The molecule has 20 heavy (non-hydrogen) atoms. The summed E-state index contributed by atoms with van der Waals surface area (Å²) in [5.41, 5.74) is -0.201. The molecule has 1 rings (SSSR count). The van der Waals surface area contributed by atoms with Crippen molar-refractivity contribution in [3.8, 4) is 0 Å². The summed E-state index contributed by atoms with van der Waals surface area (Å²) in [7, 11) is 1.49. The van der Waals surface area contributed by atoms with E-state index in [0.29, 0.717) is 0 Å². The van der Waals surface area contributed by atoms with Gasteiger partial charge in [-0.25, -0.2) is 4.39 Å². The lowest BCUT2D eigenvalue weighted by molar-refractivity contribution is -0.122. The molecule has 0 bridgehead atoms. The number of carbonyl (C=O) groups excluding carboxylic acids is 2. The summed E-state index contributed by atoms with van der Waals surface area (Å²) >= 11 is 5.82. The van der Waals surface area contributed by atoms with E-state index in [1.165, 1.54) is 18.0 Å². The van der Waals surface area contributed by atoms with Gasteiger partial charge in [0.2, 0.25) is 5.91 Å². The average Bonchev–Trinajstić information content (AvgIpc) is 2.25. The third-order valence-corrected chi connectivity index (χ3v) is 2.72. The first-order valence-electron chi connectivity index (χ1n) is 6.11. The van der Waals surface area contributed by atoms with Gasteiger partial charge < -0.3 is 10.2 Å². The molecule has 0 radical (unpaired) electrons. The third-order valence-electron chi connectivity index (χ3n) is 2.40. The van der Waals surface area contributed by atoms with Crippen molar-refractivity contribution in [3.05, 3.63) is 34.6 Å². The van der Waals surface area contributed by atoms with Gasteiger partial charge in [0.15, 0.2) is 0 Å². The molecule has 0 aliphatic heterocycles. The molecule has 6 heteroatoms. The highest BCUT2D eigenvalue weighted by molar-refractivity contribution is 6.33. The van der Waals surface area contributed by atoms with E-state index in [4.69, 9.17) is 11.6 Å². The van der Waals surface area contributed by atoms with Crippen LogP contribution in [-0.2, 0) is 4.79 Å². The van der Waals surface area contributed by atoms with Gasteiger partial charge in [0.25, 0.3) is 5.91 Å². The van der Waals surface area contributed by atoms with Crippen LogP contribution in [0.3, 0.4) is 0 Å². The van der Waals surface area contributed by atoms with Crippen LogP contribution in [-0.4, -0.2) is 35.8 Å². The molecule has 0 heterocycles. The number of amides is 2. The molecule has 110 valence electrons. The normalized spacial score (nSPS) is 11.1. The second-order valence-corrected chi connectivity index (χ2v) is 5.99. The predicted octanol–water partition coefficient (Wildman–Crippen LogP) is 2.47. The summed E-state index contributed by atoms with van der Waals surface area (Å²) in [6, 6.07) is 3.53. The van der Waals surface area contributed by atoms with Crippen molar-refractivity contribution in [3.63, 3.8) is 0 Å². The first-order valence-corrected chi connectivity index (χ1v) is 6.49. The number of hydrogen-bond acceptors (Lipinski definition) is 2. The Morgan fingerprint density at radius 1 is 1.35 bits per heavy atom. The second kappa shape index (κ2) is 6.22. The smallest absolute Gasteiger partial charge is 0.255 e. The van der Waals surface area contributed by atoms with Crippen LogP contribution in [0.1, 0.15) is 31.1 Å². The van der Waals surface area contributed by atoms with Crippen LogP contribution in [0.5, 0.6) is 0 Å². The average molecular weight is 301 g/mol. The zero-order valence-corrected chi connectivity index (χ0v) is 12.7. The summed E-state index contributed by atoms with van der Waals surface area (Å²) in [6.07, 6.45) is 0. The Morgan fingerprint density at radius 2 is 1.95 bits per heavy atom. The van der Waals surface area contributed by atoms with Gasteiger partial charge in [-0.15, -0.1) is 0 Å². The Labute approximate surface area is 122 Å². The topological polar surface area (TPSA) is 49.4 Å². The molecule has 2 amide bonds. The van der Waals surface area contributed by atoms with Gasteiger partial charge in [0.1, 0.15) is 5.82 Å². The van der Waals surface area contributed by atoms with Crippen LogP contribution in [0.15, 0.2) is 18.2 Å². The molecule has 4 nitrogen and oxygen atoms in total. The Bertz CT molecular complexity index is 526. The van der Waals surface area contributed by atoms with E-state index in [9.17, 15) is 14.0 Å². The van der Waals surface area contributed by atoms with Gasteiger partial charge in [0.05, 0.1) is 17.1 Å². The lowest BCUT2D eigenvalue weighted by atomic mass is 10.1. The molecule has 1 aromatic rings. The highest BCUT2D eigenvalue weighted by Gasteiger charge is 2.20. The van der Waals surface area contributed by atoms with E-state index in [1.807, 2.05) is 20.8 Å². The molecule has 0 atom stereocenters. The molecule has 0 aliphatic carbocycles. The largest absolute Gasteiger partial charge is 0.350 e. The van der Waals surface area contributed by atoms with Crippen LogP contribution in [0.2, 0.25) is 5.02 Å². The fraction of sp³-hybridized carbons (Fsp3) is 0.429. The van der Waals surface area contributed by atoms with E-state index in [-0.39, 0.29) is 28.6 Å². The molecule has 1 aromatic carbocycles.